The van der Waals surface area contributed by atoms with Crippen LogP contribution in [0.1, 0.15) is 45.9 Å². The van der Waals surface area contributed by atoms with Crippen LogP contribution >= 0.6 is 0 Å². The monoisotopic (exact) mass is 224 g/mol. The highest BCUT2D eigenvalue weighted by atomic mass is 15.3. The third kappa shape index (κ3) is 4.31. The van der Waals surface area contributed by atoms with Gasteiger partial charge in [-0.2, -0.15) is 5.10 Å². The van der Waals surface area contributed by atoms with E-state index in [1.54, 1.807) is 6.33 Å². The maximum absolute atomic E-state index is 5.89. The van der Waals surface area contributed by atoms with Crippen LogP contribution in [0.5, 0.6) is 0 Å². The first kappa shape index (κ1) is 13.2. The molecule has 4 nitrogen and oxygen atoms in total. The van der Waals surface area contributed by atoms with Gasteiger partial charge >= 0.3 is 0 Å². The third-order valence-electron chi connectivity index (χ3n) is 2.73. The molecule has 0 aromatic carbocycles. The molecule has 1 rings (SSSR count). The molecule has 0 amide bonds. The zero-order valence-corrected chi connectivity index (χ0v) is 10.7. The molecule has 0 radical (unpaired) electrons. The van der Waals surface area contributed by atoms with Crippen LogP contribution in [-0.2, 0) is 13.0 Å². The number of hydrogen-bond donors (Lipinski definition) is 1. The van der Waals surface area contributed by atoms with E-state index in [2.05, 4.69) is 30.9 Å². The second-order valence-corrected chi connectivity index (χ2v) is 4.81. The SMILES string of the molecule is CCC(N)CCCc1ncnn1CC(C)C. The van der Waals surface area contributed by atoms with Crippen LogP contribution in [0.4, 0.5) is 0 Å². The van der Waals surface area contributed by atoms with Crippen LogP contribution in [0, 0.1) is 5.92 Å². The fourth-order valence-corrected chi connectivity index (χ4v) is 1.71. The van der Waals surface area contributed by atoms with Gasteiger partial charge in [-0.15, -0.1) is 0 Å². The lowest BCUT2D eigenvalue weighted by Crippen LogP contribution is -2.19. The zero-order chi connectivity index (χ0) is 12.0. The van der Waals surface area contributed by atoms with Crippen LogP contribution in [0.25, 0.3) is 0 Å². The molecule has 0 saturated heterocycles. The Balaban J connectivity index is 2.38. The average molecular weight is 224 g/mol. The van der Waals surface area contributed by atoms with Gasteiger partial charge in [0.25, 0.3) is 0 Å². The van der Waals surface area contributed by atoms with Gasteiger partial charge in [-0.1, -0.05) is 20.8 Å². The van der Waals surface area contributed by atoms with Crippen molar-refractivity contribution in [2.24, 2.45) is 11.7 Å². The summed E-state index contributed by atoms with van der Waals surface area (Å²) in [4.78, 5) is 4.30. The van der Waals surface area contributed by atoms with Crippen molar-refractivity contribution in [2.45, 2.75) is 59.0 Å². The zero-order valence-electron chi connectivity index (χ0n) is 10.7. The van der Waals surface area contributed by atoms with Gasteiger partial charge in [0.15, 0.2) is 0 Å². The first-order valence-corrected chi connectivity index (χ1v) is 6.25. The summed E-state index contributed by atoms with van der Waals surface area (Å²) >= 11 is 0. The molecule has 92 valence electrons. The van der Waals surface area contributed by atoms with Gasteiger partial charge in [0, 0.05) is 19.0 Å². The van der Waals surface area contributed by atoms with E-state index in [0.717, 1.165) is 38.1 Å². The second kappa shape index (κ2) is 6.63. The Morgan fingerprint density at radius 3 is 2.81 bits per heavy atom. The molecule has 0 aliphatic heterocycles. The number of rotatable bonds is 7. The molecule has 0 aliphatic rings. The maximum atomic E-state index is 5.89. The molecule has 0 fully saturated rings. The van der Waals surface area contributed by atoms with E-state index in [-0.39, 0.29) is 0 Å². The molecular weight excluding hydrogens is 200 g/mol. The van der Waals surface area contributed by atoms with Crippen LogP contribution in [0.2, 0.25) is 0 Å². The molecule has 1 aromatic rings. The predicted molar refractivity (Wildman–Crippen MR) is 66.1 cm³/mol. The lowest BCUT2D eigenvalue weighted by atomic mass is 10.1. The van der Waals surface area contributed by atoms with Crippen molar-refractivity contribution in [3.8, 4) is 0 Å². The number of nitrogens with two attached hydrogens (primary N) is 1. The summed E-state index contributed by atoms with van der Waals surface area (Å²) in [6.07, 6.45) is 5.87. The molecule has 4 heteroatoms. The topological polar surface area (TPSA) is 56.7 Å². The standard InChI is InChI=1S/C12H24N4/c1-4-11(13)6-5-7-12-14-9-15-16(12)8-10(2)3/h9-11H,4-8,13H2,1-3H3. The van der Waals surface area contributed by atoms with Crippen molar-refractivity contribution in [1.29, 1.82) is 0 Å². The van der Waals surface area contributed by atoms with E-state index >= 15 is 0 Å². The van der Waals surface area contributed by atoms with E-state index in [9.17, 15) is 0 Å². The quantitative estimate of drug-likeness (QED) is 0.770. The summed E-state index contributed by atoms with van der Waals surface area (Å²) in [5.41, 5.74) is 5.89. The summed E-state index contributed by atoms with van der Waals surface area (Å²) in [5.74, 6) is 1.70. The lowest BCUT2D eigenvalue weighted by Gasteiger charge is -2.10. The van der Waals surface area contributed by atoms with Crippen molar-refractivity contribution in [3.63, 3.8) is 0 Å². The Labute approximate surface area is 98.2 Å². The van der Waals surface area contributed by atoms with Gasteiger partial charge in [0.1, 0.15) is 12.2 Å². The van der Waals surface area contributed by atoms with Crippen LogP contribution in [0.3, 0.4) is 0 Å². The minimum atomic E-state index is 0.335. The normalized spacial score (nSPS) is 13.3. The minimum absolute atomic E-state index is 0.335. The van der Waals surface area contributed by atoms with E-state index in [4.69, 9.17) is 5.73 Å². The molecule has 1 atom stereocenters. The van der Waals surface area contributed by atoms with Gasteiger partial charge < -0.3 is 5.73 Å². The molecular formula is C12H24N4. The fourth-order valence-electron chi connectivity index (χ4n) is 1.71. The van der Waals surface area contributed by atoms with Gasteiger partial charge in [0.05, 0.1) is 0 Å². The van der Waals surface area contributed by atoms with Gasteiger partial charge in [-0.05, 0) is 25.2 Å². The Kier molecular flexibility index (Phi) is 5.46. The number of hydrogen-bond acceptors (Lipinski definition) is 3. The maximum Gasteiger partial charge on any atom is 0.138 e. The number of aryl methyl sites for hydroxylation is 1. The Hall–Kier alpha value is -0.900. The Morgan fingerprint density at radius 2 is 2.19 bits per heavy atom. The number of aromatic nitrogens is 3. The fraction of sp³-hybridized carbons (Fsp3) is 0.833. The highest BCUT2D eigenvalue weighted by Crippen LogP contribution is 2.07. The van der Waals surface area contributed by atoms with E-state index in [0.29, 0.717) is 12.0 Å². The highest BCUT2D eigenvalue weighted by molar-refractivity contribution is 4.85. The molecule has 1 aromatic heterocycles. The van der Waals surface area contributed by atoms with Crippen molar-refractivity contribution < 1.29 is 0 Å². The lowest BCUT2D eigenvalue weighted by molar-refractivity contribution is 0.459. The Bertz CT molecular complexity index is 293. The summed E-state index contributed by atoms with van der Waals surface area (Å²) in [7, 11) is 0. The van der Waals surface area contributed by atoms with E-state index in [1.165, 1.54) is 0 Å². The third-order valence-corrected chi connectivity index (χ3v) is 2.73. The molecule has 0 aliphatic carbocycles. The Morgan fingerprint density at radius 1 is 1.44 bits per heavy atom. The minimum Gasteiger partial charge on any atom is -0.328 e. The summed E-state index contributed by atoms with van der Waals surface area (Å²) in [6, 6.07) is 0.335. The summed E-state index contributed by atoms with van der Waals surface area (Å²) in [5, 5.41) is 4.25. The molecule has 0 saturated carbocycles. The van der Waals surface area contributed by atoms with E-state index < -0.39 is 0 Å². The first-order chi connectivity index (χ1) is 7.63. The molecule has 16 heavy (non-hydrogen) atoms. The van der Waals surface area contributed by atoms with Crippen molar-refractivity contribution in [3.05, 3.63) is 12.2 Å². The molecule has 0 bridgehead atoms. The highest BCUT2D eigenvalue weighted by Gasteiger charge is 2.06. The summed E-state index contributed by atoms with van der Waals surface area (Å²) < 4.78 is 2.02. The van der Waals surface area contributed by atoms with Gasteiger partial charge in [0.2, 0.25) is 0 Å². The molecule has 1 unspecified atom stereocenters. The summed E-state index contributed by atoms with van der Waals surface area (Å²) in [6.45, 7) is 7.47. The largest absolute Gasteiger partial charge is 0.328 e. The molecule has 2 N–H and O–H groups in total. The number of nitrogens with zero attached hydrogens (tertiary/aromatic N) is 3. The average Bonchev–Trinajstić information content (AvgIpc) is 2.64. The van der Waals surface area contributed by atoms with Crippen LogP contribution < -0.4 is 5.73 Å². The van der Waals surface area contributed by atoms with Crippen molar-refractivity contribution >= 4 is 0 Å². The van der Waals surface area contributed by atoms with Gasteiger partial charge in [-0.3, -0.25) is 0 Å². The van der Waals surface area contributed by atoms with Crippen molar-refractivity contribution in [2.75, 3.05) is 0 Å². The predicted octanol–water partition coefficient (Wildman–Crippen LogP) is 1.99. The van der Waals surface area contributed by atoms with Crippen molar-refractivity contribution in [1.82, 2.24) is 14.8 Å². The molecule has 1 heterocycles. The smallest absolute Gasteiger partial charge is 0.138 e. The van der Waals surface area contributed by atoms with Gasteiger partial charge in [-0.25, -0.2) is 9.67 Å². The molecule has 0 spiro atoms. The second-order valence-electron chi connectivity index (χ2n) is 4.81. The van der Waals surface area contributed by atoms with Crippen LogP contribution in [0.15, 0.2) is 6.33 Å². The van der Waals surface area contributed by atoms with Crippen LogP contribution in [-0.4, -0.2) is 20.8 Å². The first-order valence-electron chi connectivity index (χ1n) is 6.25. The van der Waals surface area contributed by atoms with E-state index in [1.807, 2.05) is 4.68 Å².